The first kappa shape index (κ1) is 9.43. The quantitative estimate of drug-likeness (QED) is 0.769. The zero-order chi connectivity index (χ0) is 9.30. The Morgan fingerprint density at radius 2 is 2.17 bits per heavy atom. The number of nitrogens with one attached hydrogen (secondary N) is 1. The molecule has 0 fully saturated rings. The van der Waals surface area contributed by atoms with Gasteiger partial charge >= 0.3 is 0 Å². The highest BCUT2D eigenvalue weighted by Gasteiger charge is 2.14. The molecule has 0 aromatic carbocycles. The van der Waals surface area contributed by atoms with E-state index in [-0.39, 0.29) is 15.0 Å². The third-order valence-corrected chi connectivity index (χ3v) is 2.37. The highest BCUT2D eigenvalue weighted by atomic mass is 127. The van der Waals surface area contributed by atoms with Crippen molar-refractivity contribution in [3.05, 3.63) is 25.6 Å². The molecule has 0 bridgehead atoms. The number of hydrogen-bond donors (Lipinski definition) is 2. The van der Waals surface area contributed by atoms with Gasteiger partial charge in [-0.25, -0.2) is 8.78 Å². The van der Waals surface area contributed by atoms with Crippen LogP contribution in [0.25, 0.3) is 0 Å². The van der Waals surface area contributed by atoms with Crippen LogP contribution < -0.4 is 11.3 Å². The second-order valence-electron chi connectivity index (χ2n) is 2.12. The summed E-state index contributed by atoms with van der Waals surface area (Å²) in [6.45, 7) is 0. The van der Waals surface area contributed by atoms with Crippen molar-refractivity contribution in [3.63, 3.8) is 0 Å². The summed E-state index contributed by atoms with van der Waals surface area (Å²) in [5.41, 5.74) is 4.27. The van der Waals surface area contributed by atoms with E-state index in [4.69, 9.17) is 5.73 Å². The van der Waals surface area contributed by atoms with E-state index in [9.17, 15) is 13.6 Å². The molecule has 0 radical (unpaired) electrons. The summed E-state index contributed by atoms with van der Waals surface area (Å²) in [6.07, 6.45) is -2.67. The number of alkyl halides is 2. The number of halogens is 3. The van der Waals surface area contributed by atoms with Crippen LogP contribution in [0.5, 0.6) is 0 Å². The van der Waals surface area contributed by atoms with Crippen molar-refractivity contribution in [3.8, 4) is 0 Å². The molecule has 3 nitrogen and oxygen atoms in total. The lowest BCUT2D eigenvalue weighted by Gasteiger charge is -2.02. The molecular weight excluding hydrogens is 281 g/mol. The van der Waals surface area contributed by atoms with Gasteiger partial charge in [0.25, 0.3) is 12.0 Å². The standard InChI is InChI=1S/C6H5F2IN2O/c7-5(8)2-1-3(10)11-6(12)4(2)9/h1,5H,(H3,10,11,12). The largest absolute Gasteiger partial charge is 0.385 e. The topological polar surface area (TPSA) is 58.9 Å². The molecule has 66 valence electrons. The molecule has 1 aromatic rings. The Labute approximate surface area is 80.1 Å². The molecule has 3 N–H and O–H groups in total. The van der Waals surface area contributed by atoms with E-state index in [0.717, 1.165) is 6.07 Å². The Kier molecular flexibility index (Phi) is 2.65. The summed E-state index contributed by atoms with van der Waals surface area (Å²) in [5.74, 6) is -0.0456. The van der Waals surface area contributed by atoms with E-state index in [0.29, 0.717) is 0 Å². The van der Waals surface area contributed by atoms with Crippen LogP contribution in [0.1, 0.15) is 12.0 Å². The van der Waals surface area contributed by atoms with Gasteiger partial charge in [0, 0.05) is 5.56 Å². The number of aromatic amines is 1. The Morgan fingerprint density at radius 1 is 1.58 bits per heavy atom. The molecule has 0 aliphatic heterocycles. The van der Waals surface area contributed by atoms with Gasteiger partial charge in [0.15, 0.2) is 0 Å². The molecule has 0 aliphatic rings. The summed E-state index contributed by atoms with van der Waals surface area (Å²) >= 11 is 1.56. The molecule has 1 rings (SSSR count). The van der Waals surface area contributed by atoms with Crippen molar-refractivity contribution in [2.45, 2.75) is 6.43 Å². The van der Waals surface area contributed by atoms with Gasteiger partial charge in [-0.1, -0.05) is 0 Å². The van der Waals surface area contributed by atoms with Crippen LogP contribution in [0.15, 0.2) is 10.9 Å². The first-order valence-electron chi connectivity index (χ1n) is 2.98. The number of anilines is 1. The molecule has 0 aliphatic carbocycles. The Bertz CT molecular complexity index is 350. The Balaban J connectivity index is 3.38. The molecule has 0 saturated carbocycles. The van der Waals surface area contributed by atoms with Crippen LogP contribution in [0, 0.1) is 3.57 Å². The van der Waals surface area contributed by atoms with Gasteiger partial charge in [-0.05, 0) is 28.7 Å². The average Bonchev–Trinajstić information content (AvgIpc) is 1.96. The number of H-pyrrole nitrogens is 1. The van der Waals surface area contributed by atoms with Crippen molar-refractivity contribution in [2.75, 3.05) is 5.73 Å². The summed E-state index contributed by atoms with van der Waals surface area (Å²) in [5, 5.41) is 0. The van der Waals surface area contributed by atoms with Gasteiger partial charge in [-0.3, -0.25) is 4.79 Å². The maximum Gasteiger partial charge on any atom is 0.265 e. The van der Waals surface area contributed by atoms with Crippen molar-refractivity contribution in [1.29, 1.82) is 0 Å². The highest BCUT2D eigenvalue weighted by Crippen LogP contribution is 2.22. The molecule has 0 unspecified atom stereocenters. The van der Waals surface area contributed by atoms with Gasteiger partial charge in [0.2, 0.25) is 0 Å². The van der Waals surface area contributed by atoms with Crippen LogP contribution in [0.2, 0.25) is 0 Å². The Morgan fingerprint density at radius 3 is 2.67 bits per heavy atom. The zero-order valence-corrected chi connectivity index (χ0v) is 7.93. The lowest BCUT2D eigenvalue weighted by atomic mass is 10.3. The van der Waals surface area contributed by atoms with E-state index in [1.54, 1.807) is 22.6 Å². The van der Waals surface area contributed by atoms with Crippen LogP contribution in [0.3, 0.4) is 0 Å². The van der Waals surface area contributed by atoms with E-state index < -0.39 is 12.0 Å². The summed E-state index contributed by atoms with van der Waals surface area (Å²) in [4.78, 5) is 13.1. The third kappa shape index (κ3) is 1.74. The Hall–Kier alpha value is -0.660. The fourth-order valence-electron chi connectivity index (χ4n) is 0.743. The van der Waals surface area contributed by atoms with Crippen LogP contribution in [-0.4, -0.2) is 4.98 Å². The van der Waals surface area contributed by atoms with Gasteiger partial charge in [0.1, 0.15) is 5.82 Å². The second kappa shape index (κ2) is 3.38. The summed E-state index contributed by atoms with van der Waals surface area (Å²) < 4.78 is 24.3. The maximum absolute atomic E-state index is 12.2. The average molecular weight is 286 g/mol. The van der Waals surface area contributed by atoms with Gasteiger partial charge in [-0.15, -0.1) is 0 Å². The molecule has 1 aromatic heterocycles. The van der Waals surface area contributed by atoms with E-state index in [1.807, 2.05) is 0 Å². The molecule has 12 heavy (non-hydrogen) atoms. The minimum Gasteiger partial charge on any atom is -0.385 e. The van der Waals surface area contributed by atoms with Gasteiger partial charge in [0.05, 0.1) is 3.57 Å². The second-order valence-corrected chi connectivity index (χ2v) is 3.20. The number of nitrogens with two attached hydrogens (primary N) is 1. The first-order chi connectivity index (χ1) is 5.52. The molecular formula is C6H5F2IN2O. The van der Waals surface area contributed by atoms with E-state index >= 15 is 0 Å². The van der Waals surface area contributed by atoms with Crippen molar-refractivity contribution in [2.24, 2.45) is 0 Å². The van der Waals surface area contributed by atoms with Crippen molar-refractivity contribution in [1.82, 2.24) is 4.98 Å². The SMILES string of the molecule is Nc1cc(C(F)F)c(I)c(=O)[nH]1. The molecule has 6 heteroatoms. The van der Waals surface area contributed by atoms with Crippen LogP contribution in [0.4, 0.5) is 14.6 Å². The maximum atomic E-state index is 12.2. The monoisotopic (exact) mass is 286 g/mol. The predicted molar refractivity (Wildman–Crippen MR) is 49.1 cm³/mol. The minimum atomic E-state index is -2.67. The number of rotatable bonds is 1. The number of nitrogen functional groups attached to an aromatic ring is 1. The molecule has 0 atom stereocenters. The number of hydrogen-bond acceptors (Lipinski definition) is 2. The zero-order valence-electron chi connectivity index (χ0n) is 5.77. The smallest absolute Gasteiger partial charge is 0.265 e. The predicted octanol–water partition coefficient (Wildman–Crippen LogP) is 1.50. The molecule has 0 amide bonds. The number of pyridine rings is 1. The first-order valence-corrected chi connectivity index (χ1v) is 4.06. The van der Waals surface area contributed by atoms with Gasteiger partial charge < -0.3 is 10.7 Å². The number of aromatic nitrogens is 1. The lowest BCUT2D eigenvalue weighted by Crippen LogP contribution is -2.14. The van der Waals surface area contributed by atoms with Crippen molar-refractivity contribution >= 4 is 28.4 Å². The van der Waals surface area contributed by atoms with Gasteiger partial charge in [-0.2, -0.15) is 0 Å². The van der Waals surface area contributed by atoms with Crippen LogP contribution >= 0.6 is 22.6 Å². The normalized spacial score (nSPS) is 10.7. The fraction of sp³-hybridized carbons (Fsp3) is 0.167. The fourth-order valence-corrected chi connectivity index (χ4v) is 1.27. The summed E-state index contributed by atoms with van der Waals surface area (Å²) in [7, 11) is 0. The molecule has 1 heterocycles. The summed E-state index contributed by atoms with van der Waals surface area (Å²) in [6, 6.07) is 1.06. The van der Waals surface area contributed by atoms with Crippen molar-refractivity contribution < 1.29 is 8.78 Å². The van der Waals surface area contributed by atoms with Crippen LogP contribution in [-0.2, 0) is 0 Å². The molecule has 0 spiro atoms. The lowest BCUT2D eigenvalue weighted by molar-refractivity contribution is 0.150. The van der Waals surface area contributed by atoms with E-state index in [1.165, 1.54) is 0 Å². The third-order valence-electron chi connectivity index (χ3n) is 1.26. The van der Waals surface area contributed by atoms with E-state index in [2.05, 4.69) is 4.98 Å². The minimum absolute atomic E-state index is 0.0169. The molecule has 0 saturated heterocycles. The highest BCUT2D eigenvalue weighted by molar-refractivity contribution is 14.1.